The molecule has 1 aromatic rings. The van der Waals surface area contributed by atoms with Gasteiger partial charge in [0.2, 0.25) is 10.0 Å². The Morgan fingerprint density at radius 1 is 1.21 bits per heavy atom. The van der Waals surface area contributed by atoms with E-state index in [1.807, 2.05) is 30.3 Å². The van der Waals surface area contributed by atoms with Crippen LogP contribution in [0.3, 0.4) is 0 Å². The molecule has 0 aliphatic carbocycles. The highest BCUT2D eigenvalue weighted by molar-refractivity contribution is 7.89. The zero-order valence-corrected chi connectivity index (χ0v) is 9.29. The van der Waals surface area contributed by atoms with Crippen molar-refractivity contribution < 1.29 is 8.42 Å². The standard InChI is InChI=1S/C10H15NO2S/c1-3-14(12,13)11(2)9-10-7-5-4-6-8-10/h4-8H,3,9H2,1-2H3. The summed E-state index contributed by atoms with van der Waals surface area (Å²) in [5.74, 6) is 0.149. The van der Waals surface area contributed by atoms with Gasteiger partial charge in [0, 0.05) is 13.6 Å². The predicted octanol–water partition coefficient (Wildman–Crippen LogP) is 1.47. The molecule has 0 saturated carbocycles. The largest absolute Gasteiger partial charge is 0.213 e. The monoisotopic (exact) mass is 213 g/mol. The maximum atomic E-state index is 11.4. The van der Waals surface area contributed by atoms with Crippen molar-refractivity contribution in [1.29, 1.82) is 0 Å². The second-order valence-electron chi connectivity index (χ2n) is 3.14. The van der Waals surface area contributed by atoms with Crippen LogP contribution in [0.2, 0.25) is 0 Å². The lowest BCUT2D eigenvalue weighted by molar-refractivity contribution is 0.468. The summed E-state index contributed by atoms with van der Waals surface area (Å²) in [6.07, 6.45) is 0. The molecule has 0 heterocycles. The highest BCUT2D eigenvalue weighted by Crippen LogP contribution is 2.06. The molecule has 0 aliphatic rings. The first kappa shape index (κ1) is 11.2. The van der Waals surface area contributed by atoms with Crippen molar-refractivity contribution in [3.63, 3.8) is 0 Å². The van der Waals surface area contributed by atoms with Crippen LogP contribution in [0.5, 0.6) is 0 Å². The molecule has 0 saturated heterocycles. The van der Waals surface area contributed by atoms with Gasteiger partial charge in [-0.05, 0) is 12.5 Å². The van der Waals surface area contributed by atoms with Crippen LogP contribution in [0.15, 0.2) is 30.3 Å². The number of nitrogens with zero attached hydrogens (tertiary/aromatic N) is 1. The fraction of sp³-hybridized carbons (Fsp3) is 0.400. The average molecular weight is 213 g/mol. The molecule has 0 aromatic heterocycles. The van der Waals surface area contributed by atoms with E-state index in [9.17, 15) is 8.42 Å². The number of benzene rings is 1. The second kappa shape index (κ2) is 4.57. The van der Waals surface area contributed by atoms with Gasteiger partial charge in [-0.25, -0.2) is 12.7 Å². The maximum Gasteiger partial charge on any atom is 0.213 e. The lowest BCUT2D eigenvalue weighted by Crippen LogP contribution is -2.27. The Morgan fingerprint density at radius 2 is 1.79 bits per heavy atom. The van der Waals surface area contributed by atoms with E-state index in [4.69, 9.17) is 0 Å². The molecule has 0 atom stereocenters. The van der Waals surface area contributed by atoms with Crippen LogP contribution < -0.4 is 0 Å². The summed E-state index contributed by atoms with van der Waals surface area (Å²) in [6, 6.07) is 9.56. The van der Waals surface area contributed by atoms with E-state index >= 15 is 0 Å². The molecule has 0 fully saturated rings. The van der Waals surface area contributed by atoms with Gasteiger partial charge >= 0.3 is 0 Å². The molecule has 0 radical (unpaired) electrons. The second-order valence-corrected chi connectivity index (χ2v) is 5.51. The molecule has 1 aromatic carbocycles. The van der Waals surface area contributed by atoms with Gasteiger partial charge in [0.25, 0.3) is 0 Å². The van der Waals surface area contributed by atoms with Gasteiger partial charge in [0.05, 0.1) is 5.75 Å². The normalized spacial score (nSPS) is 11.9. The first-order valence-corrected chi connectivity index (χ1v) is 6.15. The van der Waals surface area contributed by atoms with Gasteiger partial charge < -0.3 is 0 Å². The number of sulfonamides is 1. The molecule has 3 nitrogen and oxygen atoms in total. The van der Waals surface area contributed by atoms with Gasteiger partial charge in [-0.1, -0.05) is 30.3 Å². The summed E-state index contributed by atoms with van der Waals surface area (Å²) >= 11 is 0. The van der Waals surface area contributed by atoms with Gasteiger partial charge in [0.1, 0.15) is 0 Å². The molecular weight excluding hydrogens is 198 g/mol. The molecule has 0 bridgehead atoms. The van der Waals surface area contributed by atoms with Crippen molar-refractivity contribution >= 4 is 10.0 Å². The summed E-state index contributed by atoms with van der Waals surface area (Å²) in [5, 5.41) is 0. The molecule has 0 amide bonds. The topological polar surface area (TPSA) is 37.4 Å². The lowest BCUT2D eigenvalue weighted by Gasteiger charge is -2.15. The highest BCUT2D eigenvalue weighted by atomic mass is 32.2. The molecule has 4 heteroatoms. The number of hydrogen-bond acceptors (Lipinski definition) is 2. The van der Waals surface area contributed by atoms with Crippen LogP contribution in [-0.2, 0) is 16.6 Å². The Bertz CT molecular complexity index is 372. The fourth-order valence-electron chi connectivity index (χ4n) is 1.16. The van der Waals surface area contributed by atoms with Crippen LogP contribution in [-0.4, -0.2) is 25.5 Å². The van der Waals surface area contributed by atoms with Crippen LogP contribution in [0.4, 0.5) is 0 Å². The molecule has 78 valence electrons. The third kappa shape index (κ3) is 2.82. The van der Waals surface area contributed by atoms with Gasteiger partial charge in [-0.2, -0.15) is 0 Å². The smallest absolute Gasteiger partial charge is 0.212 e. The van der Waals surface area contributed by atoms with Crippen molar-refractivity contribution in [1.82, 2.24) is 4.31 Å². The fourth-order valence-corrected chi connectivity index (χ4v) is 1.95. The predicted molar refractivity (Wildman–Crippen MR) is 57.4 cm³/mol. The van der Waals surface area contributed by atoms with Crippen molar-refractivity contribution in [2.24, 2.45) is 0 Å². The summed E-state index contributed by atoms with van der Waals surface area (Å²) in [7, 11) is -1.46. The SMILES string of the molecule is CCS(=O)(=O)N(C)Cc1ccccc1. The third-order valence-corrected chi connectivity index (χ3v) is 3.90. The van der Waals surface area contributed by atoms with Gasteiger partial charge in [-0.3, -0.25) is 0 Å². The van der Waals surface area contributed by atoms with E-state index in [2.05, 4.69) is 0 Å². The minimum absolute atomic E-state index is 0.149. The van der Waals surface area contributed by atoms with Crippen LogP contribution in [0, 0.1) is 0 Å². The molecular formula is C10H15NO2S. The molecule has 14 heavy (non-hydrogen) atoms. The van der Waals surface area contributed by atoms with E-state index in [1.165, 1.54) is 4.31 Å². The van der Waals surface area contributed by atoms with Crippen LogP contribution >= 0.6 is 0 Å². The Kier molecular flexibility index (Phi) is 3.66. The summed E-state index contributed by atoms with van der Waals surface area (Å²) in [4.78, 5) is 0. The van der Waals surface area contributed by atoms with Crippen molar-refractivity contribution in [2.45, 2.75) is 13.5 Å². The van der Waals surface area contributed by atoms with E-state index in [0.29, 0.717) is 6.54 Å². The van der Waals surface area contributed by atoms with Gasteiger partial charge in [0.15, 0.2) is 0 Å². The Morgan fingerprint density at radius 3 is 2.29 bits per heavy atom. The van der Waals surface area contributed by atoms with Crippen LogP contribution in [0.25, 0.3) is 0 Å². The van der Waals surface area contributed by atoms with E-state index in [0.717, 1.165) is 5.56 Å². The molecule has 0 unspecified atom stereocenters. The summed E-state index contributed by atoms with van der Waals surface area (Å²) in [6.45, 7) is 2.09. The first-order chi connectivity index (χ1) is 6.56. The quantitative estimate of drug-likeness (QED) is 0.759. The Labute approximate surface area is 85.4 Å². The van der Waals surface area contributed by atoms with E-state index in [1.54, 1.807) is 14.0 Å². The first-order valence-electron chi connectivity index (χ1n) is 4.54. The molecule has 0 N–H and O–H groups in total. The lowest BCUT2D eigenvalue weighted by atomic mass is 10.2. The molecule has 0 aliphatic heterocycles. The minimum Gasteiger partial charge on any atom is -0.212 e. The zero-order chi connectivity index (χ0) is 10.6. The minimum atomic E-state index is -3.06. The summed E-state index contributed by atoms with van der Waals surface area (Å²) in [5.41, 5.74) is 1.01. The van der Waals surface area contributed by atoms with Crippen molar-refractivity contribution in [3.05, 3.63) is 35.9 Å². The van der Waals surface area contributed by atoms with Crippen molar-refractivity contribution in [2.75, 3.05) is 12.8 Å². The third-order valence-electron chi connectivity index (χ3n) is 2.09. The van der Waals surface area contributed by atoms with Crippen molar-refractivity contribution in [3.8, 4) is 0 Å². The highest BCUT2D eigenvalue weighted by Gasteiger charge is 2.14. The van der Waals surface area contributed by atoms with Gasteiger partial charge in [-0.15, -0.1) is 0 Å². The van der Waals surface area contributed by atoms with Crippen LogP contribution in [0.1, 0.15) is 12.5 Å². The maximum absolute atomic E-state index is 11.4. The Hall–Kier alpha value is -0.870. The number of rotatable bonds is 4. The summed E-state index contributed by atoms with van der Waals surface area (Å²) < 4.78 is 24.2. The van der Waals surface area contributed by atoms with E-state index < -0.39 is 10.0 Å². The molecule has 1 rings (SSSR count). The Balaban J connectivity index is 2.72. The number of hydrogen-bond donors (Lipinski definition) is 0. The van der Waals surface area contributed by atoms with E-state index in [-0.39, 0.29) is 5.75 Å². The zero-order valence-electron chi connectivity index (χ0n) is 8.47. The molecule has 0 spiro atoms. The average Bonchev–Trinajstić information content (AvgIpc) is 2.19.